The lowest BCUT2D eigenvalue weighted by Gasteiger charge is -2.20. The topological polar surface area (TPSA) is 16.1 Å². The fourth-order valence-electron chi connectivity index (χ4n) is 1.09. The molecule has 1 rings (SSSR count). The Bertz CT molecular complexity index is 250. The van der Waals surface area contributed by atoms with Crippen molar-refractivity contribution < 1.29 is 4.39 Å². The minimum atomic E-state index is -0.314. The van der Waals surface area contributed by atoms with Crippen molar-refractivity contribution in [2.24, 2.45) is 0 Å². The molecule has 0 N–H and O–H groups in total. The Balaban J connectivity index is 2.73. The van der Waals surface area contributed by atoms with Crippen LogP contribution in [0.2, 0.25) is 0 Å². The van der Waals surface area contributed by atoms with E-state index >= 15 is 0 Å². The van der Waals surface area contributed by atoms with Crippen LogP contribution in [0.3, 0.4) is 0 Å². The largest absolute Gasteiger partial charge is 0.356 e. The first-order valence-electron chi connectivity index (χ1n) is 4.20. The van der Waals surface area contributed by atoms with E-state index < -0.39 is 0 Å². The lowest BCUT2D eigenvalue weighted by molar-refractivity contribution is 0.620. The summed E-state index contributed by atoms with van der Waals surface area (Å²) in [7, 11) is 0. The first-order valence-corrected chi connectivity index (χ1v) is 4.74. The van der Waals surface area contributed by atoms with Crippen molar-refractivity contribution in [1.29, 1.82) is 0 Å². The molecule has 0 amide bonds. The molecule has 0 aliphatic heterocycles. The third kappa shape index (κ3) is 2.84. The monoisotopic (exact) mass is 202 g/mol. The molecule has 0 saturated carbocycles. The van der Waals surface area contributed by atoms with Crippen molar-refractivity contribution in [2.45, 2.75) is 6.92 Å². The summed E-state index contributed by atoms with van der Waals surface area (Å²) in [6.07, 6.45) is 1.21. The molecule has 0 bridgehead atoms. The molecule has 13 heavy (non-hydrogen) atoms. The summed E-state index contributed by atoms with van der Waals surface area (Å²) in [5.74, 6) is 1.00. The van der Waals surface area contributed by atoms with E-state index in [-0.39, 0.29) is 5.82 Å². The molecule has 1 aromatic heterocycles. The molecule has 4 heteroatoms. The quantitative estimate of drug-likeness (QED) is 0.697. The molecular weight excluding hydrogens is 191 g/mol. The number of nitrogens with zero attached hydrogens (tertiary/aromatic N) is 2. The van der Waals surface area contributed by atoms with Crippen LogP contribution < -0.4 is 4.90 Å². The number of hydrogen-bond donors (Lipinski definition) is 0. The Morgan fingerprint density at radius 2 is 2.31 bits per heavy atom. The predicted octanol–water partition coefficient (Wildman–Crippen LogP) is 2.29. The van der Waals surface area contributed by atoms with E-state index in [0.717, 1.165) is 18.9 Å². The molecule has 0 aliphatic carbocycles. The highest BCUT2D eigenvalue weighted by Gasteiger charge is 2.03. The Morgan fingerprint density at radius 1 is 1.54 bits per heavy atom. The van der Waals surface area contributed by atoms with Crippen molar-refractivity contribution in [2.75, 3.05) is 23.9 Å². The Hall–Kier alpha value is -0.830. The normalized spacial score (nSPS) is 10.1. The molecule has 0 atom stereocenters. The van der Waals surface area contributed by atoms with Crippen LogP contribution in [-0.2, 0) is 0 Å². The van der Waals surface area contributed by atoms with Gasteiger partial charge in [0, 0.05) is 19.0 Å². The van der Waals surface area contributed by atoms with E-state index in [2.05, 4.69) is 4.98 Å². The molecule has 0 unspecified atom stereocenters. The summed E-state index contributed by atoms with van der Waals surface area (Å²) in [5, 5.41) is 0. The summed E-state index contributed by atoms with van der Waals surface area (Å²) < 4.78 is 12.5. The van der Waals surface area contributed by atoms with Crippen LogP contribution in [0.25, 0.3) is 0 Å². The van der Waals surface area contributed by atoms with Gasteiger partial charge in [-0.2, -0.15) is 0 Å². The van der Waals surface area contributed by atoms with Crippen LogP contribution in [0.1, 0.15) is 6.92 Å². The number of pyridine rings is 1. The van der Waals surface area contributed by atoms with Crippen molar-refractivity contribution in [1.82, 2.24) is 4.98 Å². The van der Waals surface area contributed by atoms with Gasteiger partial charge in [0.25, 0.3) is 0 Å². The zero-order chi connectivity index (χ0) is 9.68. The fourth-order valence-corrected chi connectivity index (χ4v) is 1.30. The van der Waals surface area contributed by atoms with Crippen LogP contribution in [-0.4, -0.2) is 24.0 Å². The number of anilines is 1. The van der Waals surface area contributed by atoms with Crippen molar-refractivity contribution in [3.8, 4) is 0 Å². The second-order valence-corrected chi connectivity index (χ2v) is 2.98. The lowest BCUT2D eigenvalue weighted by Crippen LogP contribution is -2.25. The van der Waals surface area contributed by atoms with Gasteiger partial charge in [-0.3, -0.25) is 0 Å². The first-order chi connectivity index (χ1) is 6.27. The van der Waals surface area contributed by atoms with E-state index in [1.807, 2.05) is 11.8 Å². The fraction of sp³-hybridized carbons (Fsp3) is 0.444. The summed E-state index contributed by atoms with van der Waals surface area (Å²) in [4.78, 5) is 5.95. The van der Waals surface area contributed by atoms with Gasteiger partial charge >= 0.3 is 0 Å². The Labute approximate surface area is 82.3 Å². The maximum atomic E-state index is 12.5. The summed E-state index contributed by atoms with van der Waals surface area (Å²) >= 11 is 5.61. The molecule has 1 heterocycles. The minimum absolute atomic E-state index is 0.314. The van der Waals surface area contributed by atoms with E-state index in [4.69, 9.17) is 11.6 Å². The zero-order valence-corrected chi connectivity index (χ0v) is 8.26. The average molecular weight is 203 g/mol. The molecule has 0 spiro atoms. The maximum Gasteiger partial charge on any atom is 0.141 e. The molecule has 1 aromatic rings. The highest BCUT2D eigenvalue weighted by molar-refractivity contribution is 6.18. The molecule has 0 radical (unpaired) electrons. The zero-order valence-electron chi connectivity index (χ0n) is 7.50. The van der Waals surface area contributed by atoms with Gasteiger partial charge in [-0.25, -0.2) is 9.37 Å². The van der Waals surface area contributed by atoms with Crippen molar-refractivity contribution in [3.63, 3.8) is 0 Å². The van der Waals surface area contributed by atoms with Gasteiger partial charge < -0.3 is 4.90 Å². The lowest BCUT2D eigenvalue weighted by atomic mass is 10.4. The molecule has 2 nitrogen and oxygen atoms in total. The van der Waals surface area contributed by atoms with Crippen molar-refractivity contribution in [3.05, 3.63) is 24.1 Å². The van der Waals surface area contributed by atoms with Crippen molar-refractivity contribution >= 4 is 17.4 Å². The molecule has 72 valence electrons. The number of alkyl halides is 1. The Kier molecular flexibility index (Phi) is 3.96. The smallest absolute Gasteiger partial charge is 0.141 e. The second kappa shape index (κ2) is 5.02. The molecule has 0 aliphatic rings. The number of aromatic nitrogens is 1. The average Bonchev–Trinajstić information content (AvgIpc) is 2.16. The summed E-state index contributed by atoms with van der Waals surface area (Å²) in [5.41, 5.74) is 0. The van der Waals surface area contributed by atoms with E-state index in [0.29, 0.717) is 5.88 Å². The van der Waals surface area contributed by atoms with Crippen LogP contribution in [0.4, 0.5) is 10.2 Å². The summed E-state index contributed by atoms with van der Waals surface area (Å²) in [6.45, 7) is 3.57. The summed E-state index contributed by atoms with van der Waals surface area (Å²) in [6, 6.07) is 3.06. The van der Waals surface area contributed by atoms with Gasteiger partial charge in [-0.1, -0.05) is 0 Å². The predicted molar refractivity (Wildman–Crippen MR) is 52.8 cm³/mol. The Morgan fingerprint density at radius 3 is 2.77 bits per heavy atom. The van der Waals surface area contributed by atoms with Gasteiger partial charge in [-0.05, 0) is 19.1 Å². The van der Waals surface area contributed by atoms with Crippen LogP contribution in [0.5, 0.6) is 0 Å². The van der Waals surface area contributed by atoms with Crippen LogP contribution >= 0.6 is 11.6 Å². The highest BCUT2D eigenvalue weighted by atomic mass is 35.5. The van der Waals surface area contributed by atoms with E-state index in [1.165, 1.54) is 12.3 Å². The van der Waals surface area contributed by atoms with Gasteiger partial charge in [0.15, 0.2) is 0 Å². The third-order valence-corrected chi connectivity index (χ3v) is 1.94. The van der Waals surface area contributed by atoms with Gasteiger partial charge in [0.2, 0.25) is 0 Å². The number of hydrogen-bond acceptors (Lipinski definition) is 2. The number of halogens is 2. The first kappa shape index (κ1) is 10.3. The molecular formula is C9H12ClFN2. The second-order valence-electron chi connectivity index (χ2n) is 2.60. The standard InChI is InChI=1S/C9H12ClFN2/c1-2-13(6-5-10)9-4-3-8(11)7-12-9/h3-4,7H,2,5-6H2,1H3. The molecule has 0 fully saturated rings. The molecule has 0 saturated heterocycles. The van der Waals surface area contributed by atoms with Crippen LogP contribution in [0, 0.1) is 5.82 Å². The SMILES string of the molecule is CCN(CCCl)c1ccc(F)cn1. The van der Waals surface area contributed by atoms with Gasteiger partial charge in [0.1, 0.15) is 11.6 Å². The van der Waals surface area contributed by atoms with Gasteiger partial charge in [-0.15, -0.1) is 11.6 Å². The third-order valence-electron chi connectivity index (χ3n) is 1.77. The minimum Gasteiger partial charge on any atom is -0.356 e. The maximum absolute atomic E-state index is 12.5. The highest BCUT2D eigenvalue weighted by Crippen LogP contribution is 2.09. The molecule has 0 aromatic carbocycles. The van der Waals surface area contributed by atoms with E-state index in [9.17, 15) is 4.39 Å². The van der Waals surface area contributed by atoms with Crippen LogP contribution in [0.15, 0.2) is 18.3 Å². The number of rotatable bonds is 4. The van der Waals surface area contributed by atoms with E-state index in [1.54, 1.807) is 6.07 Å². The van der Waals surface area contributed by atoms with Gasteiger partial charge in [0.05, 0.1) is 6.20 Å².